The Morgan fingerprint density at radius 2 is 2.09 bits per heavy atom. The first-order valence-electron chi connectivity index (χ1n) is 8.39. The predicted molar refractivity (Wildman–Crippen MR) is 84.6 cm³/mol. The molecule has 0 bridgehead atoms. The smallest absolute Gasteiger partial charge is 0.238 e. The van der Waals surface area contributed by atoms with Crippen molar-refractivity contribution in [3.05, 3.63) is 24.3 Å². The van der Waals surface area contributed by atoms with Gasteiger partial charge in [0.05, 0.1) is 12.2 Å². The predicted octanol–water partition coefficient (Wildman–Crippen LogP) is 3.47. The molecule has 1 fully saturated rings. The number of nitrogens with zero attached hydrogens (tertiary/aromatic N) is 3. The lowest BCUT2D eigenvalue weighted by Crippen LogP contribution is -2.50. The lowest BCUT2D eigenvalue weighted by atomic mass is 9.92. The summed E-state index contributed by atoms with van der Waals surface area (Å²) >= 11 is 0. The van der Waals surface area contributed by atoms with Crippen LogP contribution in [0.4, 0.5) is 0 Å². The highest BCUT2D eigenvalue weighted by Gasteiger charge is 2.37. The number of furan rings is 1. The Balaban J connectivity index is 1.57. The second-order valence-corrected chi connectivity index (χ2v) is 6.15. The van der Waals surface area contributed by atoms with Gasteiger partial charge in [-0.05, 0) is 25.0 Å². The number of carbonyl (C=O) groups is 1. The van der Waals surface area contributed by atoms with Crippen molar-refractivity contribution < 1.29 is 13.7 Å². The highest BCUT2D eigenvalue weighted by atomic mass is 16.5. The Labute approximate surface area is 135 Å². The molecule has 0 aromatic carbocycles. The van der Waals surface area contributed by atoms with Gasteiger partial charge < -0.3 is 13.8 Å². The van der Waals surface area contributed by atoms with Crippen molar-refractivity contribution in [1.29, 1.82) is 0 Å². The molecule has 1 aliphatic heterocycles. The maximum atomic E-state index is 12.5. The third kappa shape index (κ3) is 3.30. The Kier molecular flexibility index (Phi) is 4.79. The summed E-state index contributed by atoms with van der Waals surface area (Å²) in [7, 11) is 0. The average Bonchev–Trinajstić information content (AvgIpc) is 3.16. The van der Waals surface area contributed by atoms with Crippen molar-refractivity contribution in [1.82, 2.24) is 15.0 Å². The van der Waals surface area contributed by atoms with Crippen LogP contribution in [0.3, 0.4) is 0 Å². The van der Waals surface area contributed by atoms with Gasteiger partial charge in [-0.15, -0.1) is 0 Å². The molecule has 6 nitrogen and oxygen atoms in total. The van der Waals surface area contributed by atoms with E-state index in [1.165, 1.54) is 0 Å². The number of hydrogen-bond donors (Lipinski definition) is 0. The molecule has 23 heavy (non-hydrogen) atoms. The first kappa shape index (κ1) is 15.8. The van der Waals surface area contributed by atoms with Gasteiger partial charge in [-0.25, -0.2) is 0 Å². The molecule has 124 valence electrons. The highest BCUT2D eigenvalue weighted by molar-refractivity contribution is 5.79. The lowest BCUT2D eigenvalue weighted by molar-refractivity contribution is -0.141. The standard InChI is InChI=1S/C17H23N3O3/c1-3-6-12(7-4-2)17(21)20-10-13(11-20)16-18-15(19-23-16)14-8-5-9-22-14/h5,8-9,12-13H,3-4,6-7,10-11H2,1-2H3. The quantitative estimate of drug-likeness (QED) is 0.782. The van der Waals surface area contributed by atoms with Crippen molar-refractivity contribution in [3.8, 4) is 11.6 Å². The van der Waals surface area contributed by atoms with E-state index in [1.54, 1.807) is 18.4 Å². The number of aromatic nitrogens is 2. The maximum Gasteiger partial charge on any atom is 0.238 e. The van der Waals surface area contributed by atoms with Crippen molar-refractivity contribution in [2.24, 2.45) is 5.92 Å². The highest BCUT2D eigenvalue weighted by Crippen LogP contribution is 2.30. The van der Waals surface area contributed by atoms with Gasteiger partial charge in [0.15, 0.2) is 5.76 Å². The normalized spacial score (nSPS) is 15.2. The molecule has 1 aliphatic rings. The molecule has 3 heterocycles. The molecule has 0 radical (unpaired) electrons. The first-order chi connectivity index (χ1) is 11.2. The van der Waals surface area contributed by atoms with Crippen LogP contribution in [0.1, 0.15) is 51.3 Å². The maximum absolute atomic E-state index is 12.5. The number of likely N-dealkylation sites (tertiary alicyclic amines) is 1. The molecule has 6 heteroatoms. The minimum Gasteiger partial charge on any atom is -0.461 e. The summed E-state index contributed by atoms with van der Waals surface area (Å²) in [6.07, 6.45) is 5.61. The van der Waals surface area contributed by atoms with E-state index in [2.05, 4.69) is 24.0 Å². The second-order valence-electron chi connectivity index (χ2n) is 6.15. The molecule has 0 saturated carbocycles. The van der Waals surface area contributed by atoms with E-state index in [-0.39, 0.29) is 17.7 Å². The molecule has 1 saturated heterocycles. The molecule has 0 spiro atoms. The summed E-state index contributed by atoms with van der Waals surface area (Å²) in [5.74, 6) is 2.22. The summed E-state index contributed by atoms with van der Waals surface area (Å²) in [6, 6.07) is 3.59. The molecule has 3 rings (SSSR count). The first-order valence-corrected chi connectivity index (χ1v) is 8.39. The monoisotopic (exact) mass is 317 g/mol. The zero-order valence-electron chi connectivity index (χ0n) is 13.7. The number of carbonyl (C=O) groups excluding carboxylic acids is 1. The van der Waals surface area contributed by atoms with Gasteiger partial charge in [0.1, 0.15) is 0 Å². The van der Waals surface area contributed by atoms with E-state index in [4.69, 9.17) is 8.94 Å². The average molecular weight is 317 g/mol. The van der Waals surface area contributed by atoms with Crippen LogP contribution in [0, 0.1) is 5.92 Å². The van der Waals surface area contributed by atoms with Crippen molar-refractivity contribution in [2.75, 3.05) is 13.1 Å². The number of hydrogen-bond acceptors (Lipinski definition) is 5. The van der Waals surface area contributed by atoms with Gasteiger partial charge in [-0.2, -0.15) is 4.98 Å². The van der Waals surface area contributed by atoms with Gasteiger partial charge in [0.2, 0.25) is 17.6 Å². The minimum absolute atomic E-state index is 0.138. The Morgan fingerprint density at radius 1 is 1.35 bits per heavy atom. The van der Waals surface area contributed by atoms with Gasteiger partial charge in [-0.3, -0.25) is 4.79 Å². The third-order valence-corrected chi connectivity index (χ3v) is 4.35. The third-order valence-electron chi connectivity index (χ3n) is 4.35. The van der Waals surface area contributed by atoms with Crippen LogP contribution < -0.4 is 0 Å². The van der Waals surface area contributed by atoms with Crippen LogP contribution in [0.15, 0.2) is 27.3 Å². The zero-order chi connectivity index (χ0) is 16.2. The van der Waals surface area contributed by atoms with Gasteiger partial charge in [0.25, 0.3) is 0 Å². The lowest BCUT2D eigenvalue weighted by Gasteiger charge is -2.39. The van der Waals surface area contributed by atoms with Crippen LogP contribution >= 0.6 is 0 Å². The van der Waals surface area contributed by atoms with Crippen LogP contribution in [0.2, 0.25) is 0 Å². The fraction of sp³-hybridized carbons (Fsp3) is 0.588. The van der Waals surface area contributed by atoms with E-state index in [0.29, 0.717) is 30.6 Å². The Bertz CT molecular complexity index is 623. The summed E-state index contributed by atoms with van der Waals surface area (Å²) in [5.41, 5.74) is 0. The molecule has 2 aromatic heterocycles. The van der Waals surface area contributed by atoms with Gasteiger partial charge in [0, 0.05) is 19.0 Å². The van der Waals surface area contributed by atoms with Crippen LogP contribution in [0.25, 0.3) is 11.6 Å². The van der Waals surface area contributed by atoms with Crippen molar-refractivity contribution in [2.45, 2.75) is 45.4 Å². The fourth-order valence-corrected chi connectivity index (χ4v) is 3.07. The van der Waals surface area contributed by atoms with E-state index >= 15 is 0 Å². The molecule has 2 aromatic rings. The second kappa shape index (κ2) is 6.98. The minimum atomic E-state index is 0.138. The molecular weight excluding hydrogens is 294 g/mol. The number of rotatable bonds is 7. The van der Waals surface area contributed by atoms with E-state index < -0.39 is 0 Å². The molecule has 1 amide bonds. The van der Waals surface area contributed by atoms with E-state index in [0.717, 1.165) is 25.7 Å². The Hall–Kier alpha value is -2.11. The van der Waals surface area contributed by atoms with Gasteiger partial charge in [-0.1, -0.05) is 31.8 Å². The van der Waals surface area contributed by atoms with Crippen molar-refractivity contribution in [3.63, 3.8) is 0 Å². The zero-order valence-corrected chi connectivity index (χ0v) is 13.7. The molecule has 0 aliphatic carbocycles. The summed E-state index contributed by atoms with van der Waals surface area (Å²) in [6.45, 7) is 5.60. The van der Waals surface area contributed by atoms with Crippen LogP contribution in [-0.4, -0.2) is 34.0 Å². The Morgan fingerprint density at radius 3 is 2.70 bits per heavy atom. The van der Waals surface area contributed by atoms with E-state index in [9.17, 15) is 4.79 Å². The van der Waals surface area contributed by atoms with Crippen molar-refractivity contribution >= 4 is 5.91 Å². The molecule has 0 unspecified atom stereocenters. The topological polar surface area (TPSA) is 72.4 Å². The summed E-state index contributed by atoms with van der Waals surface area (Å²) in [4.78, 5) is 18.8. The van der Waals surface area contributed by atoms with Crippen LogP contribution in [0.5, 0.6) is 0 Å². The molecule has 0 atom stereocenters. The molecular formula is C17H23N3O3. The summed E-state index contributed by atoms with van der Waals surface area (Å²) < 4.78 is 10.6. The molecule has 0 N–H and O–H groups in total. The largest absolute Gasteiger partial charge is 0.461 e. The fourth-order valence-electron chi connectivity index (χ4n) is 3.07. The SMILES string of the molecule is CCCC(CCC)C(=O)N1CC(c2nc(-c3ccco3)no2)C1. The summed E-state index contributed by atoms with van der Waals surface area (Å²) in [5, 5.41) is 3.94. The van der Waals surface area contributed by atoms with Crippen LogP contribution in [-0.2, 0) is 4.79 Å². The van der Waals surface area contributed by atoms with Gasteiger partial charge >= 0.3 is 0 Å². The van der Waals surface area contributed by atoms with E-state index in [1.807, 2.05) is 4.90 Å². The number of amides is 1.